The first kappa shape index (κ1) is 14.1. The number of amides is 1. The monoisotopic (exact) mass is 259 g/mol. The minimum atomic E-state index is -0.248. The third-order valence-corrected chi connectivity index (χ3v) is 3.71. The molecule has 0 bridgehead atoms. The molecule has 1 aliphatic carbocycles. The van der Waals surface area contributed by atoms with Gasteiger partial charge in [-0.25, -0.2) is 0 Å². The lowest BCUT2D eigenvalue weighted by Crippen LogP contribution is -2.27. The highest BCUT2D eigenvalue weighted by atomic mass is 16.1. The molecule has 1 amide bonds. The molecule has 0 spiro atoms. The Balaban J connectivity index is 2.26. The fourth-order valence-corrected chi connectivity index (χ4v) is 2.81. The standard InChI is InChI=1S/C16H23N2O/c1-10(2)18-11(3)12-7-8-14-13(9-12)5-4-6-15(14)16(17)19/h6-11,15,18H,4-5H2,1-3H3,(H2,17,19). The van der Waals surface area contributed by atoms with Gasteiger partial charge in [-0.2, -0.15) is 0 Å². The van der Waals surface area contributed by atoms with E-state index in [2.05, 4.69) is 44.3 Å². The number of primary amides is 1. The van der Waals surface area contributed by atoms with Gasteiger partial charge in [-0.1, -0.05) is 32.0 Å². The van der Waals surface area contributed by atoms with Crippen molar-refractivity contribution < 1.29 is 4.79 Å². The minimum absolute atomic E-state index is 0.217. The van der Waals surface area contributed by atoms with E-state index in [4.69, 9.17) is 5.73 Å². The second-order valence-corrected chi connectivity index (χ2v) is 5.66. The fourth-order valence-electron chi connectivity index (χ4n) is 2.81. The molecule has 19 heavy (non-hydrogen) atoms. The molecule has 2 atom stereocenters. The minimum Gasteiger partial charge on any atom is -0.369 e. The summed E-state index contributed by atoms with van der Waals surface area (Å²) in [5.41, 5.74) is 9.09. The maximum atomic E-state index is 11.5. The Kier molecular flexibility index (Phi) is 4.25. The van der Waals surface area contributed by atoms with Gasteiger partial charge in [-0.15, -0.1) is 0 Å². The van der Waals surface area contributed by atoms with Crippen LogP contribution in [0.4, 0.5) is 0 Å². The number of hydrogen-bond donors (Lipinski definition) is 2. The molecule has 0 heterocycles. The highest BCUT2D eigenvalue weighted by Gasteiger charge is 2.25. The smallest absolute Gasteiger partial charge is 0.225 e. The molecule has 2 unspecified atom stereocenters. The van der Waals surface area contributed by atoms with Crippen LogP contribution in [0.25, 0.3) is 0 Å². The lowest BCUT2D eigenvalue weighted by Gasteiger charge is -2.25. The van der Waals surface area contributed by atoms with Crippen molar-refractivity contribution in [3.63, 3.8) is 0 Å². The van der Waals surface area contributed by atoms with E-state index in [9.17, 15) is 4.79 Å². The maximum absolute atomic E-state index is 11.5. The highest BCUT2D eigenvalue weighted by Crippen LogP contribution is 2.32. The number of aryl methyl sites for hydroxylation is 1. The topological polar surface area (TPSA) is 55.1 Å². The van der Waals surface area contributed by atoms with Crippen LogP contribution in [0, 0.1) is 6.42 Å². The third kappa shape index (κ3) is 3.16. The van der Waals surface area contributed by atoms with Crippen molar-refractivity contribution in [3.05, 3.63) is 41.3 Å². The van der Waals surface area contributed by atoms with Crippen LogP contribution >= 0.6 is 0 Å². The SMILES string of the molecule is CC(C)NC(C)c1ccc2c(c1)CC[CH]C2C(N)=O. The predicted molar refractivity (Wildman–Crippen MR) is 77.7 cm³/mol. The third-order valence-electron chi connectivity index (χ3n) is 3.71. The number of nitrogens with one attached hydrogen (secondary N) is 1. The number of rotatable bonds is 4. The van der Waals surface area contributed by atoms with Gasteiger partial charge in [-0.05, 0) is 42.9 Å². The fraction of sp³-hybridized carbons (Fsp3) is 0.500. The summed E-state index contributed by atoms with van der Waals surface area (Å²) in [5.74, 6) is -0.465. The molecule has 2 rings (SSSR count). The Morgan fingerprint density at radius 3 is 2.74 bits per heavy atom. The van der Waals surface area contributed by atoms with E-state index in [0.29, 0.717) is 12.1 Å². The van der Waals surface area contributed by atoms with Crippen LogP contribution < -0.4 is 11.1 Å². The van der Waals surface area contributed by atoms with Crippen molar-refractivity contribution in [2.24, 2.45) is 5.73 Å². The lowest BCUT2D eigenvalue weighted by molar-refractivity contribution is -0.118. The van der Waals surface area contributed by atoms with Crippen LogP contribution in [0.15, 0.2) is 18.2 Å². The summed E-state index contributed by atoms with van der Waals surface area (Å²) in [6.07, 6.45) is 3.96. The number of carbonyl (C=O) groups excluding carboxylic acids is 1. The Labute approximate surface area is 115 Å². The maximum Gasteiger partial charge on any atom is 0.225 e. The van der Waals surface area contributed by atoms with E-state index in [1.807, 2.05) is 6.42 Å². The van der Waals surface area contributed by atoms with Crippen LogP contribution in [0.3, 0.4) is 0 Å². The molecular weight excluding hydrogens is 236 g/mol. The number of fused-ring (bicyclic) bond motifs is 1. The molecule has 3 nitrogen and oxygen atoms in total. The van der Waals surface area contributed by atoms with Gasteiger partial charge in [0.25, 0.3) is 0 Å². The predicted octanol–water partition coefficient (Wildman–Crippen LogP) is 2.46. The van der Waals surface area contributed by atoms with E-state index < -0.39 is 0 Å². The number of nitrogens with two attached hydrogens (primary N) is 1. The summed E-state index contributed by atoms with van der Waals surface area (Å²) in [4.78, 5) is 11.5. The van der Waals surface area contributed by atoms with Gasteiger partial charge < -0.3 is 11.1 Å². The van der Waals surface area contributed by atoms with Crippen LogP contribution in [0.5, 0.6) is 0 Å². The summed E-state index contributed by atoms with van der Waals surface area (Å²) in [7, 11) is 0. The molecule has 1 aromatic carbocycles. The molecule has 0 saturated heterocycles. The zero-order valence-electron chi connectivity index (χ0n) is 11.9. The zero-order chi connectivity index (χ0) is 14.0. The van der Waals surface area contributed by atoms with Gasteiger partial charge in [0.05, 0.1) is 5.92 Å². The van der Waals surface area contributed by atoms with Crippen LogP contribution in [0.1, 0.15) is 55.8 Å². The van der Waals surface area contributed by atoms with Crippen LogP contribution in [-0.4, -0.2) is 11.9 Å². The van der Waals surface area contributed by atoms with Gasteiger partial charge in [-0.3, -0.25) is 4.79 Å². The summed E-state index contributed by atoms with van der Waals surface area (Å²) in [5, 5.41) is 3.50. The number of carbonyl (C=O) groups is 1. The van der Waals surface area contributed by atoms with E-state index in [1.165, 1.54) is 11.1 Å². The number of hydrogen-bond acceptors (Lipinski definition) is 2. The van der Waals surface area contributed by atoms with Gasteiger partial charge in [0, 0.05) is 12.1 Å². The summed E-state index contributed by atoms with van der Waals surface area (Å²) < 4.78 is 0. The lowest BCUT2D eigenvalue weighted by atomic mass is 9.81. The largest absolute Gasteiger partial charge is 0.369 e. The molecular formula is C16H23N2O. The molecule has 0 aromatic heterocycles. The molecule has 1 aliphatic rings. The normalized spacial score (nSPS) is 20.1. The molecule has 0 aliphatic heterocycles. The zero-order valence-corrected chi connectivity index (χ0v) is 11.9. The highest BCUT2D eigenvalue weighted by molar-refractivity contribution is 5.84. The van der Waals surface area contributed by atoms with Gasteiger partial charge in [0.1, 0.15) is 0 Å². The summed E-state index contributed by atoms with van der Waals surface area (Å²) >= 11 is 0. The summed E-state index contributed by atoms with van der Waals surface area (Å²) in [6.45, 7) is 6.46. The van der Waals surface area contributed by atoms with Crippen molar-refractivity contribution in [1.82, 2.24) is 5.32 Å². The molecule has 0 fully saturated rings. The number of benzene rings is 1. The van der Waals surface area contributed by atoms with Crippen molar-refractivity contribution in [2.45, 2.75) is 51.6 Å². The average Bonchev–Trinajstić information content (AvgIpc) is 2.36. The molecule has 103 valence electrons. The van der Waals surface area contributed by atoms with Crippen molar-refractivity contribution >= 4 is 5.91 Å². The van der Waals surface area contributed by atoms with Crippen LogP contribution in [0.2, 0.25) is 0 Å². The Hall–Kier alpha value is -1.35. The second kappa shape index (κ2) is 5.74. The van der Waals surface area contributed by atoms with Crippen molar-refractivity contribution in [3.8, 4) is 0 Å². The molecule has 1 radical (unpaired) electrons. The quantitative estimate of drug-likeness (QED) is 0.872. The average molecular weight is 259 g/mol. The Bertz CT molecular complexity index is 468. The van der Waals surface area contributed by atoms with Crippen molar-refractivity contribution in [2.75, 3.05) is 0 Å². The molecule has 1 aromatic rings. The van der Waals surface area contributed by atoms with Crippen molar-refractivity contribution in [1.29, 1.82) is 0 Å². The van der Waals surface area contributed by atoms with Gasteiger partial charge in [0.15, 0.2) is 0 Å². The molecule has 0 saturated carbocycles. The Morgan fingerprint density at radius 1 is 1.37 bits per heavy atom. The first-order chi connectivity index (χ1) is 8.99. The Morgan fingerprint density at radius 2 is 2.11 bits per heavy atom. The van der Waals surface area contributed by atoms with Gasteiger partial charge >= 0.3 is 0 Å². The first-order valence-electron chi connectivity index (χ1n) is 7.00. The first-order valence-corrected chi connectivity index (χ1v) is 7.00. The molecule has 3 N–H and O–H groups in total. The molecule has 3 heteroatoms. The summed E-state index contributed by atoms with van der Waals surface area (Å²) in [6, 6.07) is 7.17. The van der Waals surface area contributed by atoms with Crippen LogP contribution in [-0.2, 0) is 11.2 Å². The van der Waals surface area contributed by atoms with E-state index in [-0.39, 0.29) is 11.8 Å². The van der Waals surface area contributed by atoms with E-state index in [1.54, 1.807) is 0 Å². The second-order valence-electron chi connectivity index (χ2n) is 5.66. The van der Waals surface area contributed by atoms with Gasteiger partial charge in [0.2, 0.25) is 5.91 Å². The van der Waals surface area contributed by atoms with E-state index >= 15 is 0 Å². The van der Waals surface area contributed by atoms with E-state index in [0.717, 1.165) is 18.4 Å².